The van der Waals surface area contributed by atoms with Crippen molar-refractivity contribution in [3.63, 3.8) is 0 Å². The zero-order valence-corrected chi connectivity index (χ0v) is 7.38. The average molecular weight is 197 g/mol. The molecule has 0 fully saturated rings. The summed E-state index contributed by atoms with van der Waals surface area (Å²) in [5.74, 6) is 0. The fraction of sp³-hybridized carbons (Fsp3) is 0. The van der Waals surface area contributed by atoms with E-state index in [-0.39, 0.29) is 5.56 Å². The second-order valence-corrected chi connectivity index (χ2v) is 2.73. The van der Waals surface area contributed by atoms with E-state index in [1.165, 1.54) is 12.3 Å². The molecule has 0 amide bonds. The quantitative estimate of drug-likeness (QED) is 0.633. The minimum absolute atomic E-state index is 0.381. The lowest BCUT2D eigenvalue weighted by Gasteiger charge is -1.75. The summed E-state index contributed by atoms with van der Waals surface area (Å²) in [6.45, 7) is 0. The fourth-order valence-corrected chi connectivity index (χ4v) is 0.910. The number of aromatic nitrogens is 3. The SMILES string of the molecule is O=c1cc[nH]c(=O)[nH]1.c1cscn1. The fourth-order valence-electron chi connectivity index (χ4n) is 0.558. The van der Waals surface area contributed by atoms with E-state index in [9.17, 15) is 9.59 Å². The standard InChI is InChI=1S/C4H4N2O2.C3H3NS/c7-3-1-2-5-4(8)6-3;1-2-5-3-4-1/h1-2H,(H2,5,6,7,8);1-3H. The Hall–Kier alpha value is -1.69. The number of rotatable bonds is 0. The summed E-state index contributed by atoms with van der Waals surface area (Å²) in [5.41, 5.74) is 0.936. The van der Waals surface area contributed by atoms with Crippen molar-refractivity contribution in [1.29, 1.82) is 0 Å². The highest BCUT2D eigenvalue weighted by atomic mass is 32.1. The van der Waals surface area contributed by atoms with E-state index in [1.807, 2.05) is 10.4 Å². The van der Waals surface area contributed by atoms with Gasteiger partial charge in [0.25, 0.3) is 5.56 Å². The van der Waals surface area contributed by atoms with Crippen molar-refractivity contribution in [2.75, 3.05) is 0 Å². The molecule has 2 rings (SSSR count). The van der Waals surface area contributed by atoms with Gasteiger partial charge in [-0.1, -0.05) is 0 Å². The number of aromatic amines is 2. The Bertz CT molecular complexity index is 389. The van der Waals surface area contributed by atoms with E-state index in [0.29, 0.717) is 0 Å². The summed E-state index contributed by atoms with van der Waals surface area (Å²) in [7, 11) is 0. The zero-order chi connectivity index (χ0) is 9.52. The molecule has 0 bridgehead atoms. The summed E-state index contributed by atoms with van der Waals surface area (Å²) in [6, 6.07) is 1.24. The first-order valence-corrected chi connectivity index (χ1v) is 4.33. The molecule has 5 nitrogen and oxygen atoms in total. The minimum atomic E-state index is -0.475. The van der Waals surface area contributed by atoms with Crippen LogP contribution >= 0.6 is 11.3 Å². The smallest absolute Gasteiger partial charge is 0.314 e. The molecule has 2 aromatic rings. The van der Waals surface area contributed by atoms with Crippen LogP contribution in [0.25, 0.3) is 0 Å². The van der Waals surface area contributed by atoms with Crippen LogP contribution < -0.4 is 11.2 Å². The maximum Gasteiger partial charge on any atom is 0.325 e. The zero-order valence-electron chi connectivity index (χ0n) is 6.56. The largest absolute Gasteiger partial charge is 0.325 e. The minimum Gasteiger partial charge on any atom is -0.314 e. The van der Waals surface area contributed by atoms with Crippen molar-refractivity contribution in [3.05, 3.63) is 50.2 Å². The number of nitrogens with zero attached hydrogens (tertiary/aromatic N) is 1. The van der Waals surface area contributed by atoms with Crippen LogP contribution in [-0.2, 0) is 0 Å². The molecule has 0 spiro atoms. The van der Waals surface area contributed by atoms with E-state index in [1.54, 1.807) is 23.0 Å². The highest BCUT2D eigenvalue weighted by Crippen LogP contribution is 1.85. The van der Waals surface area contributed by atoms with Gasteiger partial charge in [0.2, 0.25) is 0 Å². The lowest BCUT2D eigenvalue weighted by atomic mass is 10.7. The molecule has 2 aromatic heterocycles. The first-order valence-electron chi connectivity index (χ1n) is 3.39. The number of nitrogens with one attached hydrogen (secondary N) is 2. The van der Waals surface area contributed by atoms with Gasteiger partial charge in [0, 0.05) is 23.8 Å². The Morgan fingerprint density at radius 2 is 2.23 bits per heavy atom. The maximum absolute atomic E-state index is 10.2. The predicted octanol–water partition coefficient (Wildman–Crippen LogP) is 0.206. The van der Waals surface area contributed by atoms with Crippen molar-refractivity contribution < 1.29 is 0 Å². The summed E-state index contributed by atoms with van der Waals surface area (Å²) in [4.78, 5) is 28.4. The number of hydrogen-bond donors (Lipinski definition) is 2. The van der Waals surface area contributed by atoms with Crippen LogP contribution in [-0.4, -0.2) is 15.0 Å². The van der Waals surface area contributed by atoms with Gasteiger partial charge in [-0.3, -0.25) is 14.8 Å². The Morgan fingerprint density at radius 1 is 1.38 bits per heavy atom. The molecule has 13 heavy (non-hydrogen) atoms. The molecule has 0 atom stereocenters. The van der Waals surface area contributed by atoms with Gasteiger partial charge < -0.3 is 4.98 Å². The molecule has 0 aliphatic carbocycles. The van der Waals surface area contributed by atoms with Crippen LogP contribution in [0, 0.1) is 0 Å². The third-order valence-electron chi connectivity index (χ3n) is 1.03. The van der Waals surface area contributed by atoms with Crippen LogP contribution in [0.3, 0.4) is 0 Å². The Labute approximate surface area is 77.1 Å². The Morgan fingerprint density at radius 3 is 2.54 bits per heavy atom. The lowest BCUT2D eigenvalue weighted by Crippen LogP contribution is -2.19. The van der Waals surface area contributed by atoms with Crippen molar-refractivity contribution in [1.82, 2.24) is 15.0 Å². The molecular weight excluding hydrogens is 190 g/mol. The van der Waals surface area contributed by atoms with Gasteiger partial charge in [-0.2, -0.15) is 0 Å². The van der Waals surface area contributed by atoms with Gasteiger partial charge in [0.05, 0.1) is 5.51 Å². The van der Waals surface area contributed by atoms with Gasteiger partial charge >= 0.3 is 5.69 Å². The van der Waals surface area contributed by atoms with E-state index in [2.05, 4.69) is 9.97 Å². The van der Waals surface area contributed by atoms with E-state index in [0.717, 1.165) is 0 Å². The summed E-state index contributed by atoms with van der Waals surface area (Å²) in [5, 5.41) is 1.93. The monoisotopic (exact) mass is 197 g/mol. The molecule has 2 heterocycles. The third-order valence-corrected chi connectivity index (χ3v) is 1.56. The highest BCUT2D eigenvalue weighted by molar-refractivity contribution is 7.07. The highest BCUT2D eigenvalue weighted by Gasteiger charge is 1.77. The van der Waals surface area contributed by atoms with Crippen LogP contribution in [0.4, 0.5) is 0 Å². The van der Waals surface area contributed by atoms with Crippen LogP contribution in [0.1, 0.15) is 0 Å². The van der Waals surface area contributed by atoms with Crippen molar-refractivity contribution in [2.45, 2.75) is 0 Å². The molecule has 6 heteroatoms. The van der Waals surface area contributed by atoms with Crippen molar-refractivity contribution in [2.24, 2.45) is 0 Å². The number of thiazole rings is 1. The van der Waals surface area contributed by atoms with Gasteiger partial charge in [-0.15, -0.1) is 11.3 Å². The normalized spacial score (nSPS) is 8.62. The molecule has 0 aliphatic heterocycles. The molecule has 0 radical (unpaired) electrons. The van der Waals surface area contributed by atoms with Crippen LogP contribution in [0.2, 0.25) is 0 Å². The van der Waals surface area contributed by atoms with E-state index in [4.69, 9.17) is 0 Å². The summed E-state index contributed by atoms with van der Waals surface area (Å²) < 4.78 is 0. The molecule has 0 saturated carbocycles. The van der Waals surface area contributed by atoms with Gasteiger partial charge in [0.1, 0.15) is 0 Å². The first kappa shape index (κ1) is 9.40. The van der Waals surface area contributed by atoms with Gasteiger partial charge in [0.15, 0.2) is 0 Å². The molecule has 0 unspecified atom stereocenters. The third kappa shape index (κ3) is 4.02. The molecule has 0 aromatic carbocycles. The van der Waals surface area contributed by atoms with Gasteiger partial charge in [-0.25, -0.2) is 4.79 Å². The first-order chi connectivity index (χ1) is 6.29. The summed E-state index contributed by atoms with van der Waals surface area (Å²) >= 11 is 1.60. The van der Waals surface area contributed by atoms with E-state index >= 15 is 0 Å². The molecular formula is C7H7N3O2S. The Kier molecular flexibility index (Phi) is 3.65. The van der Waals surface area contributed by atoms with E-state index < -0.39 is 5.69 Å². The second kappa shape index (κ2) is 5.04. The predicted molar refractivity (Wildman–Crippen MR) is 49.8 cm³/mol. The average Bonchev–Trinajstić information content (AvgIpc) is 2.59. The molecule has 0 saturated heterocycles. The molecule has 0 aliphatic rings. The maximum atomic E-state index is 10.2. The van der Waals surface area contributed by atoms with Crippen molar-refractivity contribution >= 4 is 11.3 Å². The van der Waals surface area contributed by atoms with Gasteiger partial charge in [-0.05, 0) is 0 Å². The van der Waals surface area contributed by atoms with Crippen LogP contribution in [0.15, 0.2) is 38.9 Å². The van der Waals surface area contributed by atoms with Crippen molar-refractivity contribution in [3.8, 4) is 0 Å². The second-order valence-electron chi connectivity index (χ2n) is 1.97. The Balaban J connectivity index is 0.000000145. The van der Waals surface area contributed by atoms with Crippen LogP contribution in [0.5, 0.6) is 0 Å². The molecule has 68 valence electrons. The molecule has 2 N–H and O–H groups in total. The number of H-pyrrole nitrogens is 2. The number of hydrogen-bond acceptors (Lipinski definition) is 4. The topological polar surface area (TPSA) is 78.6 Å². The lowest BCUT2D eigenvalue weighted by molar-refractivity contribution is 1.04. The summed E-state index contributed by atoms with van der Waals surface area (Å²) in [6.07, 6.45) is 3.06.